The van der Waals surface area contributed by atoms with Gasteiger partial charge in [0.15, 0.2) is 0 Å². The molecular weight excluding hydrogens is 403 g/mol. The first-order valence-electron chi connectivity index (χ1n) is 10.4. The van der Waals surface area contributed by atoms with E-state index in [1.54, 1.807) is 18.2 Å². The van der Waals surface area contributed by atoms with Crippen LogP contribution in [0.4, 0.5) is 10.1 Å². The molecule has 0 spiro atoms. The Kier molecular flexibility index (Phi) is 8.84. The van der Waals surface area contributed by atoms with Crippen LogP contribution in [-0.4, -0.2) is 27.4 Å². The van der Waals surface area contributed by atoms with Crippen molar-refractivity contribution in [2.24, 2.45) is 5.92 Å². The molecule has 0 unspecified atom stereocenters. The zero-order valence-electron chi connectivity index (χ0n) is 17.9. The number of para-hydroxylation sites is 1. The lowest BCUT2D eigenvalue weighted by atomic mass is 9.99. The third kappa shape index (κ3) is 6.29. The monoisotopic (exact) mass is 434 g/mol. The molecule has 0 aromatic heterocycles. The van der Waals surface area contributed by atoms with Gasteiger partial charge in [0.05, 0.1) is 10.6 Å². The zero-order valence-corrected chi connectivity index (χ0v) is 18.7. The number of hydrogen-bond acceptors (Lipinski definition) is 3. The van der Waals surface area contributed by atoms with Crippen molar-refractivity contribution in [1.82, 2.24) is 5.32 Å². The molecule has 0 heterocycles. The molecule has 0 aliphatic heterocycles. The van der Waals surface area contributed by atoms with Gasteiger partial charge in [0, 0.05) is 6.54 Å². The second-order valence-electron chi connectivity index (χ2n) is 7.50. The third-order valence-electron chi connectivity index (χ3n) is 5.15. The number of halogens is 1. The van der Waals surface area contributed by atoms with Crippen LogP contribution in [0.1, 0.15) is 45.1 Å². The molecule has 7 heteroatoms. The van der Waals surface area contributed by atoms with Crippen molar-refractivity contribution in [2.75, 3.05) is 17.4 Å². The molecule has 1 amide bonds. The Hall–Kier alpha value is -2.41. The molecule has 1 atom stereocenters. The van der Waals surface area contributed by atoms with Crippen LogP contribution in [0.2, 0.25) is 0 Å². The number of nitrogens with zero attached hydrogens (tertiary/aromatic N) is 1. The van der Waals surface area contributed by atoms with Crippen LogP contribution < -0.4 is 9.62 Å². The zero-order chi connectivity index (χ0) is 22.1. The highest BCUT2D eigenvalue weighted by atomic mass is 32.2. The minimum atomic E-state index is -4.11. The largest absolute Gasteiger partial charge is 0.354 e. The summed E-state index contributed by atoms with van der Waals surface area (Å²) in [6.07, 6.45) is 4.10. The average molecular weight is 435 g/mol. The van der Waals surface area contributed by atoms with Crippen LogP contribution in [-0.2, 0) is 14.8 Å². The first-order chi connectivity index (χ1) is 14.3. The van der Waals surface area contributed by atoms with Crippen molar-refractivity contribution in [3.05, 3.63) is 59.9 Å². The van der Waals surface area contributed by atoms with E-state index < -0.39 is 28.3 Å². The van der Waals surface area contributed by atoms with Crippen LogP contribution >= 0.6 is 0 Å². The summed E-state index contributed by atoms with van der Waals surface area (Å²) < 4.78 is 41.8. The number of aryl methyl sites for hydroxylation is 1. The molecule has 0 bridgehead atoms. The lowest BCUT2D eigenvalue weighted by Gasteiger charge is -2.25. The Morgan fingerprint density at radius 2 is 1.77 bits per heavy atom. The standard InChI is InChI=1S/C23H31FN2O3S/c1-4-6-9-19(5-2)16-25-23(27)17-26(22-11-8-7-10-21(22)24)30(28,29)20-14-12-18(3)13-15-20/h7-8,10-15,19H,4-6,9,16-17H2,1-3H3,(H,25,27)/t19-/m0/s1. The molecule has 0 saturated heterocycles. The van der Waals surface area contributed by atoms with Gasteiger partial charge in [-0.3, -0.25) is 9.10 Å². The summed E-state index contributed by atoms with van der Waals surface area (Å²) in [7, 11) is -4.11. The SMILES string of the molecule is CCCC[C@H](CC)CNC(=O)CN(c1ccccc1F)S(=O)(=O)c1ccc(C)cc1. The number of rotatable bonds is 11. The average Bonchev–Trinajstić information content (AvgIpc) is 2.73. The topological polar surface area (TPSA) is 66.5 Å². The number of benzene rings is 2. The van der Waals surface area contributed by atoms with Gasteiger partial charge in [-0.15, -0.1) is 0 Å². The highest BCUT2D eigenvalue weighted by molar-refractivity contribution is 7.92. The summed E-state index contributed by atoms with van der Waals surface area (Å²) in [6.45, 7) is 6.03. The predicted molar refractivity (Wildman–Crippen MR) is 118 cm³/mol. The summed E-state index contributed by atoms with van der Waals surface area (Å²) in [6, 6.07) is 11.9. The third-order valence-corrected chi connectivity index (χ3v) is 6.92. The van der Waals surface area contributed by atoms with E-state index in [0.717, 1.165) is 35.6 Å². The van der Waals surface area contributed by atoms with E-state index in [0.29, 0.717) is 12.5 Å². The van der Waals surface area contributed by atoms with Gasteiger partial charge in [-0.2, -0.15) is 0 Å². The fourth-order valence-corrected chi connectivity index (χ4v) is 4.61. The number of anilines is 1. The minimum Gasteiger partial charge on any atom is -0.354 e. The van der Waals surface area contributed by atoms with Gasteiger partial charge < -0.3 is 5.32 Å². The Bertz CT molecular complexity index is 930. The van der Waals surface area contributed by atoms with Crippen molar-refractivity contribution >= 4 is 21.6 Å². The molecule has 2 aromatic carbocycles. The summed E-state index contributed by atoms with van der Waals surface area (Å²) in [5.74, 6) is -0.816. The van der Waals surface area contributed by atoms with Crippen LogP contribution in [0, 0.1) is 18.7 Å². The van der Waals surface area contributed by atoms with E-state index in [4.69, 9.17) is 0 Å². The number of hydrogen-bond donors (Lipinski definition) is 1. The molecule has 2 aromatic rings. The molecular formula is C23H31FN2O3S. The molecule has 0 radical (unpaired) electrons. The fourth-order valence-electron chi connectivity index (χ4n) is 3.18. The Labute approximate surface area is 179 Å². The van der Waals surface area contributed by atoms with E-state index in [1.165, 1.54) is 30.3 Å². The van der Waals surface area contributed by atoms with E-state index in [1.807, 2.05) is 6.92 Å². The van der Waals surface area contributed by atoms with E-state index in [9.17, 15) is 17.6 Å². The van der Waals surface area contributed by atoms with E-state index in [-0.39, 0.29) is 10.6 Å². The number of unbranched alkanes of at least 4 members (excludes halogenated alkanes) is 1. The minimum absolute atomic E-state index is 0.0125. The van der Waals surface area contributed by atoms with Gasteiger partial charge in [0.1, 0.15) is 12.4 Å². The van der Waals surface area contributed by atoms with Gasteiger partial charge in [0.2, 0.25) is 5.91 Å². The second-order valence-corrected chi connectivity index (χ2v) is 9.36. The maximum Gasteiger partial charge on any atom is 0.264 e. The number of amides is 1. The van der Waals surface area contributed by atoms with Crippen molar-refractivity contribution < 1.29 is 17.6 Å². The highest BCUT2D eigenvalue weighted by Crippen LogP contribution is 2.26. The van der Waals surface area contributed by atoms with Crippen molar-refractivity contribution in [3.8, 4) is 0 Å². The molecule has 0 aliphatic rings. The number of carbonyl (C=O) groups excluding carboxylic acids is 1. The van der Waals surface area contributed by atoms with Gasteiger partial charge in [-0.25, -0.2) is 12.8 Å². The quantitative estimate of drug-likeness (QED) is 0.559. The van der Waals surface area contributed by atoms with Crippen molar-refractivity contribution in [2.45, 2.75) is 51.3 Å². The van der Waals surface area contributed by atoms with Crippen LogP contribution in [0.3, 0.4) is 0 Å². The van der Waals surface area contributed by atoms with E-state index >= 15 is 0 Å². The molecule has 0 saturated carbocycles. The Morgan fingerprint density at radius 3 is 2.37 bits per heavy atom. The molecule has 2 rings (SSSR count). The molecule has 30 heavy (non-hydrogen) atoms. The first-order valence-corrected chi connectivity index (χ1v) is 11.8. The predicted octanol–water partition coefficient (Wildman–Crippen LogP) is 4.66. The number of nitrogens with one attached hydrogen (secondary N) is 1. The summed E-state index contributed by atoms with van der Waals surface area (Å²) in [5, 5.41) is 2.83. The summed E-state index contributed by atoms with van der Waals surface area (Å²) in [5.41, 5.74) is 0.757. The first kappa shape index (κ1) is 23.9. The van der Waals surface area contributed by atoms with Gasteiger partial charge in [-0.1, -0.05) is 62.9 Å². The van der Waals surface area contributed by atoms with Gasteiger partial charge >= 0.3 is 0 Å². The van der Waals surface area contributed by atoms with Crippen LogP contribution in [0.5, 0.6) is 0 Å². The van der Waals surface area contributed by atoms with Crippen LogP contribution in [0.25, 0.3) is 0 Å². The highest BCUT2D eigenvalue weighted by Gasteiger charge is 2.29. The number of carbonyl (C=O) groups is 1. The number of sulfonamides is 1. The lowest BCUT2D eigenvalue weighted by Crippen LogP contribution is -2.42. The maximum absolute atomic E-state index is 14.5. The molecule has 5 nitrogen and oxygen atoms in total. The smallest absolute Gasteiger partial charge is 0.264 e. The Balaban J connectivity index is 2.26. The maximum atomic E-state index is 14.5. The normalized spacial score (nSPS) is 12.4. The Morgan fingerprint density at radius 1 is 1.10 bits per heavy atom. The second kappa shape index (κ2) is 11.1. The summed E-state index contributed by atoms with van der Waals surface area (Å²) >= 11 is 0. The van der Waals surface area contributed by atoms with Gasteiger partial charge in [-0.05, 0) is 43.5 Å². The molecule has 0 fully saturated rings. The van der Waals surface area contributed by atoms with E-state index in [2.05, 4.69) is 19.2 Å². The van der Waals surface area contributed by atoms with Gasteiger partial charge in [0.25, 0.3) is 10.0 Å². The fraction of sp³-hybridized carbons (Fsp3) is 0.435. The molecule has 1 N–H and O–H groups in total. The summed E-state index contributed by atoms with van der Waals surface area (Å²) in [4.78, 5) is 12.6. The molecule has 0 aliphatic carbocycles. The van der Waals surface area contributed by atoms with Crippen LogP contribution in [0.15, 0.2) is 53.4 Å². The lowest BCUT2D eigenvalue weighted by molar-refractivity contribution is -0.119. The molecule has 164 valence electrons. The van der Waals surface area contributed by atoms with Crippen molar-refractivity contribution in [3.63, 3.8) is 0 Å². The van der Waals surface area contributed by atoms with Crippen molar-refractivity contribution in [1.29, 1.82) is 0 Å².